The number of anilines is 1. The fourth-order valence-corrected chi connectivity index (χ4v) is 2.77. The van der Waals surface area contributed by atoms with Gasteiger partial charge in [0.15, 0.2) is 0 Å². The maximum atomic E-state index is 12.5. The second-order valence-electron chi connectivity index (χ2n) is 6.31. The number of nitrogens with one attached hydrogen (secondary N) is 1. The number of hydrogen-bond acceptors (Lipinski definition) is 3. The minimum absolute atomic E-state index is 0.0798. The number of aliphatic hydroxyl groups excluding tert-OH is 1. The quantitative estimate of drug-likeness (QED) is 0.673. The number of aromatic nitrogens is 1. The van der Waals surface area contributed by atoms with E-state index in [1.807, 2.05) is 0 Å². The van der Waals surface area contributed by atoms with Gasteiger partial charge in [-0.3, -0.25) is 9.78 Å². The van der Waals surface area contributed by atoms with Gasteiger partial charge < -0.3 is 10.4 Å². The molecule has 0 saturated carbocycles. The third-order valence-corrected chi connectivity index (χ3v) is 4.15. The third kappa shape index (κ3) is 4.75. The lowest BCUT2D eigenvalue weighted by atomic mass is 10.0. The van der Waals surface area contributed by atoms with Gasteiger partial charge in [-0.1, -0.05) is 30.3 Å². The minimum Gasteiger partial charge on any atom is -0.392 e. The molecule has 0 fully saturated rings. The number of alkyl halides is 3. The second kappa shape index (κ2) is 7.82. The molecule has 3 rings (SSSR count). The summed E-state index contributed by atoms with van der Waals surface area (Å²) in [5.41, 5.74) is 3.21. The Bertz CT molecular complexity index is 1060. The number of aryl methyl sites for hydroxylation is 1. The summed E-state index contributed by atoms with van der Waals surface area (Å²) in [6.45, 7) is 1.58. The van der Waals surface area contributed by atoms with E-state index in [0.29, 0.717) is 27.9 Å². The SMILES string of the molecule is Cc1cc(C=CC(F)(F)F)ccc1C(=O)Nc1cnc2cc(CO)ccc2c1. The fraction of sp³-hybridized carbons (Fsp3) is 0.143. The van der Waals surface area contributed by atoms with Crippen molar-refractivity contribution in [3.05, 3.63) is 77.0 Å². The number of benzene rings is 2. The van der Waals surface area contributed by atoms with E-state index in [0.717, 1.165) is 17.0 Å². The highest BCUT2D eigenvalue weighted by Gasteiger charge is 2.21. The van der Waals surface area contributed by atoms with Crippen molar-refractivity contribution in [1.29, 1.82) is 0 Å². The van der Waals surface area contributed by atoms with Crippen LogP contribution in [-0.2, 0) is 6.61 Å². The largest absolute Gasteiger partial charge is 0.409 e. The van der Waals surface area contributed by atoms with E-state index < -0.39 is 6.18 Å². The Labute approximate surface area is 159 Å². The first-order chi connectivity index (χ1) is 13.2. The minimum atomic E-state index is -4.38. The first-order valence-corrected chi connectivity index (χ1v) is 8.43. The molecule has 1 amide bonds. The van der Waals surface area contributed by atoms with Gasteiger partial charge in [0.1, 0.15) is 0 Å². The summed E-state index contributed by atoms with van der Waals surface area (Å²) in [4.78, 5) is 16.8. The fourth-order valence-electron chi connectivity index (χ4n) is 2.77. The van der Waals surface area contributed by atoms with Gasteiger partial charge in [-0.15, -0.1) is 0 Å². The highest BCUT2D eigenvalue weighted by Crippen LogP contribution is 2.21. The summed E-state index contributed by atoms with van der Waals surface area (Å²) in [7, 11) is 0. The summed E-state index contributed by atoms with van der Waals surface area (Å²) in [6.07, 6.45) is -1.75. The van der Waals surface area contributed by atoms with Crippen LogP contribution in [0, 0.1) is 6.92 Å². The molecular weight excluding hydrogens is 369 g/mol. The first kappa shape index (κ1) is 19.6. The third-order valence-electron chi connectivity index (χ3n) is 4.15. The van der Waals surface area contributed by atoms with Crippen LogP contribution in [0.5, 0.6) is 0 Å². The average Bonchev–Trinajstić information content (AvgIpc) is 2.65. The number of carbonyl (C=O) groups is 1. The second-order valence-corrected chi connectivity index (χ2v) is 6.31. The monoisotopic (exact) mass is 386 g/mol. The molecule has 0 radical (unpaired) electrons. The van der Waals surface area contributed by atoms with Gasteiger partial charge in [0, 0.05) is 17.0 Å². The van der Waals surface area contributed by atoms with Crippen molar-refractivity contribution in [2.24, 2.45) is 0 Å². The zero-order chi connectivity index (χ0) is 20.3. The summed E-state index contributed by atoms with van der Waals surface area (Å²) in [5, 5.41) is 12.7. The highest BCUT2D eigenvalue weighted by atomic mass is 19.4. The highest BCUT2D eigenvalue weighted by molar-refractivity contribution is 6.06. The maximum absolute atomic E-state index is 12.5. The summed E-state index contributed by atoms with van der Waals surface area (Å²) in [6, 6.07) is 11.6. The Balaban J connectivity index is 1.79. The van der Waals surface area contributed by atoms with Crippen molar-refractivity contribution < 1.29 is 23.1 Å². The molecule has 0 bridgehead atoms. The number of rotatable bonds is 4. The van der Waals surface area contributed by atoms with Crippen LogP contribution in [0.15, 0.2) is 54.7 Å². The van der Waals surface area contributed by atoms with Gasteiger partial charge in [-0.25, -0.2) is 0 Å². The van der Waals surface area contributed by atoms with Gasteiger partial charge in [0.2, 0.25) is 0 Å². The summed E-state index contributed by atoms with van der Waals surface area (Å²) < 4.78 is 36.8. The van der Waals surface area contributed by atoms with Crippen molar-refractivity contribution in [3.63, 3.8) is 0 Å². The standard InChI is InChI=1S/C21H17F3N2O2/c1-13-8-14(6-7-21(22,23)24)3-5-18(13)20(28)26-17-10-16-4-2-15(12-27)9-19(16)25-11-17/h2-11,27H,12H2,1H3,(H,26,28). The molecule has 7 heteroatoms. The number of fused-ring (bicyclic) bond motifs is 1. The Morgan fingerprint density at radius 2 is 1.96 bits per heavy atom. The lowest BCUT2D eigenvalue weighted by Gasteiger charge is -2.09. The molecule has 144 valence electrons. The molecule has 1 aromatic heterocycles. The molecular formula is C21H17F3N2O2. The topological polar surface area (TPSA) is 62.2 Å². The zero-order valence-corrected chi connectivity index (χ0v) is 14.9. The molecule has 0 spiro atoms. The molecule has 0 aliphatic rings. The molecule has 4 nitrogen and oxygen atoms in total. The number of hydrogen-bond donors (Lipinski definition) is 2. The number of nitrogens with zero attached hydrogens (tertiary/aromatic N) is 1. The van der Waals surface area contributed by atoms with Crippen LogP contribution < -0.4 is 5.32 Å². The van der Waals surface area contributed by atoms with Gasteiger partial charge in [-0.2, -0.15) is 13.2 Å². The number of aliphatic hydroxyl groups is 1. The van der Waals surface area contributed by atoms with E-state index >= 15 is 0 Å². The predicted molar refractivity (Wildman–Crippen MR) is 102 cm³/mol. The Kier molecular flexibility index (Phi) is 5.46. The normalized spacial score (nSPS) is 11.9. The Hall–Kier alpha value is -3.19. The van der Waals surface area contributed by atoms with E-state index in [-0.39, 0.29) is 18.6 Å². The molecule has 0 unspecified atom stereocenters. The smallest absolute Gasteiger partial charge is 0.392 e. The van der Waals surface area contributed by atoms with Crippen LogP contribution in [0.3, 0.4) is 0 Å². The molecule has 0 saturated heterocycles. The first-order valence-electron chi connectivity index (χ1n) is 8.43. The van der Waals surface area contributed by atoms with Crippen LogP contribution in [0.1, 0.15) is 27.0 Å². The van der Waals surface area contributed by atoms with Crippen LogP contribution in [0.2, 0.25) is 0 Å². The predicted octanol–water partition coefficient (Wildman–Crippen LogP) is 4.86. The van der Waals surface area contributed by atoms with Crippen molar-refractivity contribution in [2.75, 3.05) is 5.32 Å². The van der Waals surface area contributed by atoms with Gasteiger partial charge in [0.05, 0.1) is 24.0 Å². The molecule has 1 heterocycles. The number of allylic oxidation sites excluding steroid dienone is 1. The van der Waals surface area contributed by atoms with E-state index in [4.69, 9.17) is 0 Å². The van der Waals surface area contributed by atoms with Gasteiger partial charge >= 0.3 is 6.18 Å². The number of halogens is 3. The Morgan fingerprint density at radius 3 is 2.64 bits per heavy atom. The van der Waals surface area contributed by atoms with Crippen LogP contribution in [-0.4, -0.2) is 22.2 Å². The van der Waals surface area contributed by atoms with E-state index in [9.17, 15) is 23.1 Å². The maximum Gasteiger partial charge on any atom is 0.409 e. The van der Waals surface area contributed by atoms with Gasteiger partial charge in [-0.05, 0) is 41.8 Å². The lowest BCUT2D eigenvalue weighted by molar-refractivity contribution is -0.0790. The molecule has 28 heavy (non-hydrogen) atoms. The average molecular weight is 386 g/mol. The van der Waals surface area contributed by atoms with Crippen molar-refractivity contribution in [2.45, 2.75) is 19.7 Å². The van der Waals surface area contributed by atoms with Crippen LogP contribution in [0.4, 0.5) is 18.9 Å². The van der Waals surface area contributed by atoms with Crippen LogP contribution >= 0.6 is 0 Å². The Morgan fingerprint density at radius 1 is 1.18 bits per heavy atom. The van der Waals surface area contributed by atoms with Crippen LogP contribution in [0.25, 0.3) is 17.0 Å². The van der Waals surface area contributed by atoms with E-state index in [2.05, 4.69) is 10.3 Å². The lowest BCUT2D eigenvalue weighted by Crippen LogP contribution is -2.13. The molecule has 3 aromatic rings. The number of carbonyl (C=O) groups excluding carboxylic acids is 1. The van der Waals surface area contributed by atoms with Gasteiger partial charge in [0.25, 0.3) is 5.91 Å². The molecule has 0 aliphatic carbocycles. The number of pyridine rings is 1. The van der Waals surface area contributed by atoms with Crippen molar-refractivity contribution >= 4 is 28.6 Å². The molecule has 0 atom stereocenters. The summed E-state index contributed by atoms with van der Waals surface area (Å²) >= 11 is 0. The molecule has 2 N–H and O–H groups in total. The summed E-state index contributed by atoms with van der Waals surface area (Å²) in [5.74, 6) is -0.378. The number of amides is 1. The molecule has 2 aromatic carbocycles. The van der Waals surface area contributed by atoms with Crippen molar-refractivity contribution in [1.82, 2.24) is 4.98 Å². The zero-order valence-electron chi connectivity index (χ0n) is 14.9. The molecule has 0 aliphatic heterocycles. The van der Waals surface area contributed by atoms with E-state index in [1.54, 1.807) is 31.2 Å². The van der Waals surface area contributed by atoms with E-state index in [1.165, 1.54) is 24.4 Å². The van der Waals surface area contributed by atoms with Crippen molar-refractivity contribution in [3.8, 4) is 0 Å².